The topological polar surface area (TPSA) is 60.3 Å². The lowest BCUT2D eigenvalue weighted by Crippen LogP contribution is -2.39. The quantitative estimate of drug-likeness (QED) is 0.575. The number of halogens is 2. The van der Waals surface area contributed by atoms with Crippen molar-refractivity contribution < 1.29 is 9.13 Å². The van der Waals surface area contributed by atoms with Crippen LogP contribution in [0, 0.1) is 5.82 Å². The lowest BCUT2D eigenvalue weighted by atomic mass is 10.1. The van der Waals surface area contributed by atoms with Gasteiger partial charge in [-0.25, -0.2) is 14.4 Å². The monoisotopic (exact) mass is 442 g/mol. The normalized spacial score (nSPS) is 14.6. The van der Waals surface area contributed by atoms with Gasteiger partial charge in [-0.05, 0) is 29.7 Å². The van der Waals surface area contributed by atoms with E-state index in [9.17, 15) is 9.18 Å². The average Bonchev–Trinajstić information content (AvgIpc) is 2.78. The average molecular weight is 443 g/mol. The summed E-state index contributed by atoms with van der Waals surface area (Å²) in [6.07, 6.45) is 7.71. The largest absolute Gasteiger partial charge is 0.488 e. The second kappa shape index (κ2) is 9.47. The maximum atomic E-state index is 13.4. The fourth-order valence-electron chi connectivity index (χ4n) is 3.62. The van der Waals surface area contributed by atoms with Crippen molar-refractivity contribution in [2.24, 2.45) is 0 Å². The third kappa shape index (κ3) is 5.22. The molecule has 1 fully saturated rings. The van der Waals surface area contributed by atoms with Crippen LogP contribution in [0.3, 0.4) is 0 Å². The fraction of sp³-hybridized carbons (Fsp3) is 0.348. The summed E-state index contributed by atoms with van der Waals surface area (Å²) >= 11 is 6.38. The zero-order valence-electron chi connectivity index (χ0n) is 17.3. The van der Waals surface area contributed by atoms with Gasteiger partial charge in [0.05, 0.1) is 11.6 Å². The molecule has 0 radical (unpaired) electrons. The number of aromatic nitrogens is 3. The van der Waals surface area contributed by atoms with Gasteiger partial charge in [-0.3, -0.25) is 4.79 Å². The number of aryl methyl sites for hydroxylation is 1. The number of rotatable bonds is 6. The summed E-state index contributed by atoms with van der Waals surface area (Å²) in [6, 6.07) is 7.55. The molecule has 0 aliphatic carbocycles. The van der Waals surface area contributed by atoms with Crippen molar-refractivity contribution >= 4 is 17.5 Å². The van der Waals surface area contributed by atoms with E-state index in [0.29, 0.717) is 16.3 Å². The van der Waals surface area contributed by atoms with E-state index in [2.05, 4.69) is 21.8 Å². The molecular weight excluding hydrogens is 419 g/mol. The lowest BCUT2D eigenvalue weighted by molar-refractivity contribution is 0.170. The molecule has 3 heterocycles. The molecule has 0 atom stereocenters. The summed E-state index contributed by atoms with van der Waals surface area (Å²) in [5, 5.41) is 0.358. The van der Waals surface area contributed by atoms with Crippen LogP contribution in [0.2, 0.25) is 5.02 Å². The van der Waals surface area contributed by atoms with Crippen molar-refractivity contribution in [2.75, 3.05) is 18.0 Å². The maximum Gasteiger partial charge on any atom is 0.254 e. The van der Waals surface area contributed by atoms with Crippen molar-refractivity contribution in [3.63, 3.8) is 0 Å². The van der Waals surface area contributed by atoms with Crippen LogP contribution in [-0.4, -0.2) is 33.7 Å². The first kappa shape index (κ1) is 21.3. The minimum absolute atomic E-state index is 0.0397. The molecule has 0 N–H and O–H groups in total. The van der Waals surface area contributed by atoms with Crippen LogP contribution in [0.4, 0.5) is 10.3 Å². The number of ether oxygens (including phenoxy) is 1. The summed E-state index contributed by atoms with van der Waals surface area (Å²) in [7, 11) is 0. The molecule has 31 heavy (non-hydrogen) atoms. The van der Waals surface area contributed by atoms with Gasteiger partial charge in [-0.15, -0.1) is 0 Å². The first-order valence-corrected chi connectivity index (χ1v) is 10.8. The van der Waals surface area contributed by atoms with Crippen LogP contribution < -0.4 is 15.2 Å². The molecule has 162 valence electrons. The van der Waals surface area contributed by atoms with E-state index in [1.165, 1.54) is 22.8 Å². The van der Waals surface area contributed by atoms with Crippen LogP contribution in [0.1, 0.15) is 30.9 Å². The van der Waals surface area contributed by atoms with E-state index in [-0.39, 0.29) is 24.0 Å². The highest BCUT2D eigenvalue weighted by Gasteiger charge is 2.23. The Labute approximate surface area is 185 Å². The van der Waals surface area contributed by atoms with Crippen molar-refractivity contribution in [3.8, 4) is 5.75 Å². The minimum atomic E-state index is -0.338. The van der Waals surface area contributed by atoms with Crippen molar-refractivity contribution in [3.05, 3.63) is 81.2 Å². The molecule has 0 saturated carbocycles. The van der Waals surface area contributed by atoms with E-state index < -0.39 is 0 Å². The van der Waals surface area contributed by atoms with Crippen molar-refractivity contribution in [1.82, 2.24) is 14.5 Å². The smallest absolute Gasteiger partial charge is 0.254 e. The van der Waals surface area contributed by atoms with Crippen LogP contribution >= 0.6 is 11.6 Å². The molecule has 8 heteroatoms. The molecule has 4 rings (SSSR count). The maximum absolute atomic E-state index is 13.4. The molecule has 3 aromatic rings. The van der Waals surface area contributed by atoms with Gasteiger partial charge in [-0.2, -0.15) is 0 Å². The highest BCUT2D eigenvalue weighted by Crippen LogP contribution is 2.26. The predicted octanol–water partition coefficient (Wildman–Crippen LogP) is 4.09. The Hall–Kier alpha value is -2.93. The van der Waals surface area contributed by atoms with Gasteiger partial charge < -0.3 is 14.2 Å². The molecule has 1 aromatic carbocycles. The highest BCUT2D eigenvalue weighted by atomic mass is 35.5. The van der Waals surface area contributed by atoms with E-state index in [4.69, 9.17) is 16.3 Å². The van der Waals surface area contributed by atoms with Crippen LogP contribution in [0.15, 0.2) is 53.7 Å². The molecule has 1 aliphatic heterocycles. The van der Waals surface area contributed by atoms with E-state index >= 15 is 0 Å². The first-order valence-electron chi connectivity index (χ1n) is 10.4. The number of anilines is 1. The van der Waals surface area contributed by atoms with E-state index in [0.717, 1.165) is 43.9 Å². The zero-order chi connectivity index (χ0) is 21.8. The number of piperidine rings is 1. The van der Waals surface area contributed by atoms with Gasteiger partial charge in [0.25, 0.3) is 5.56 Å². The summed E-state index contributed by atoms with van der Waals surface area (Å²) in [5.74, 6) is 0.771. The second-order valence-corrected chi connectivity index (χ2v) is 8.04. The zero-order valence-corrected chi connectivity index (χ0v) is 18.1. The Bertz CT molecular complexity index is 1100. The Morgan fingerprint density at radius 2 is 1.90 bits per heavy atom. The Kier molecular flexibility index (Phi) is 6.51. The molecule has 6 nitrogen and oxygen atoms in total. The molecule has 0 bridgehead atoms. The third-order valence-electron chi connectivity index (χ3n) is 5.40. The predicted molar refractivity (Wildman–Crippen MR) is 118 cm³/mol. The molecule has 2 aromatic heterocycles. The van der Waals surface area contributed by atoms with Gasteiger partial charge in [0.1, 0.15) is 17.7 Å². The van der Waals surface area contributed by atoms with Crippen LogP contribution in [-0.2, 0) is 13.0 Å². The first-order chi connectivity index (χ1) is 15.0. The van der Waals surface area contributed by atoms with E-state index in [1.807, 2.05) is 12.4 Å². The molecule has 0 unspecified atom stereocenters. The Balaban J connectivity index is 1.38. The summed E-state index contributed by atoms with van der Waals surface area (Å²) in [6.45, 7) is 3.85. The Morgan fingerprint density at radius 3 is 2.58 bits per heavy atom. The number of pyridine rings is 1. The number of benzene rings is 1. The molecular formula is C23H24ClFN4O2. The molecule has 0 amide bonds. The van der Waals surface area contributed by atoms with Gasteiger partial charge >= 0.3 is 0 Å². The van der Waals surface area contributed by atoms with Crippen molar-refractivity contribution in [1.29, 1.82) is 0 Å². The number of hydrogen-bond donors (Lipinski definition) is 0. The van der Waals surface area contributed by atoms with Gasteiger partial charge in [0.2, 0.25) is 5.95 Å². The standard InChI is InChI=1S/C23H24ClFN4O2/c1-2-16-12-26-23(27-13-16)28-8-6-19(7-9-28)31-21-11-22(30)29(15-20(21)24)14-17-4-3-5-18(25)10-17/h3-5,10-13,15,19H,2,6-9,14H2,1H3. The van der Waals surface area contributed by atoms with E-state index in [1.54, 1.807) is 18.3 Å². The second-order valence-electron chi connectivity index (χ2n) is 7.63. The number of hydrogen-bond acceptors (Lipinski definition) is 5. The highest BCUT2D eigenvalue weighted by molar-refractivity contribution is 6.31. The van der Waals surface area contributed by atoms with Crippen molar-refractivity contribution in [2.45, 2.75) is 38.8 Å². The minimum Gasteiger partial charge on any atom is -0.488 e. The summed E-state index contributed by atoms with van der Waals surface area (Å²) < 4.78 is 20.9. The summed E-state index contributed by atoms with van der Waals surface area (Å²) in [5.41, 5.74) is 1.56. The van der Waals surface area contributed by atoms with Crippen LogP contribution in [0.5, 0.6) is 5.75 Å². The molecule has 1 aliphatic rings. The van der Waals surface area contributed by atoms with Crippen LogP contribution in [0.25, 0.3) is 0 Å². The molecule has 0 spiro atoms. The SMILES string of the molecule is CCc1cnc(N2CCC(Oc3cc(=O)n(Cc4cccc(F)c4)cc3Cl)CC2)nc1. The third-order valence-corrected chi connectivity index (χ3v) is 5.69. The fourth-order valence-corrected chi connectivity index (χ4v) is 3.84. The Morgan fingerprint density at radius 1 is 1.16 bits per heavy atom. The lowest BCUT2D eigenvalue weighted by Gasteiger charge is -2.32. The molecule has 1 saturated heterocycles. The summed E-state index contributed by atoms with van der Waals surface area (Å²) in [4.78, 5) is 23.5. The van der Waals surface area contributed by atoms with Gasteiger partial charge in [0.15, 0.2) is 0 Å². The van der Waals surface area contributed by atoms with Gasteiger partial charge in [0, 0.05) is 50.6 Å². The number of nitrogens with zero attached hydrogens (tertiary/aromatic N) is 4. The van der Waals surface area contributed by atoms with Gasteiger partial charge in [-0.1, -0.05) is 30.7 Å².